The lowest BCUT2D eigenvalue weighted by atomic mass is 9.93. The highest BCUT2D eigenvalue weighted by Gasteiger charge is 2.22. The van der Waals surface area contributed by atoms with Gasteiger partial charge in [-0.25, -0.2) is 8.42 Å². The number of aromatic nitrogens is 2. The standard InChI is InChI=1S/C18H25N3O2S/c1-15-5-2-7-18(11-15)24(22,23)10-4-9-21-8-3-6-16(14-21)17-12-19-20-13-17/h2,5,7,11-13,16H,3-4,6,8-10,14H2,1H3,(H,19,20). The molecule has 1 unspecified atom stereocenters. The number of benzene rings is 1. The van der Waals surface area contributed by atoms with Crippen LogP contribution in [0.1, 0.15) is 36.3 Å². The second-order valence-electron chi connectivity index (χ2n) is 6.66. The molecule has 1 aliphatic rings. The van der Waals surface area contributed by atoms with Crippen molar-refractivity contribution < 1.29 is 8.42 Å². The molecule has 1 aliphatic heterocycles. The number of likely N-dealkylation sites (tertiary alicyclic amines) is 1. The van der Waals surface area contributed by atoms with Crippen molar-refractivity contribution in [2.75, 3.05) is 25.4 Å². The maximum absolute atomic E-state index is 12.4. The zero-order valence-corrected chi connectivity index (χ0v) is 14.9. The molecule has 0 bridgehead atoms. The first kappa shape index (κ1) is 17.2. The summed E-state index contributed by atoms with van der Waals surface area (Å²) < 4.78 is 24.9. The van der Waals surface area contributed by atoms with Crippen molar-refractivity contribution in [2.24, 2.45) is 0 Å². The predicted molar refractivity (Wildman–Crippen MR) is 94.9 cm³/mol. The second-order valence-corrected chi connectivity index (χ2v) is 8.77. The lowest BCUT2D eigenvalue weighted by Crippen LogP contribution is -2.35. The van der Waals surface area contributed by atoms with Gasteiger partial charge in [-0.15, -0.1) is 0 Å². The number of hydrogen-bond donors (Lipinski definition) is 1. The van der Waals surface area contributed by atoms with Crippen LogP contribution >= 0.6 is 0 Å². The highest BCUT2D eigenvalue weighted by molar-refractivity contribution is 7.91. The minimum atomic E-state index is -3.18. The fourth-order valence-electron chi connectivity index (χ4n) is 3.42. The predicted octanol–water partition coefficient (Wildman–Crippen LogP) is 2.76. The molecule has 1 aromatic carbocycles. The Kier molecular flexibility index (Phi) is 5.36. The third-order valence-corrected chi connectivity index (χ3v) is 6.53. The lowest BCUT2D eigenvalue weighted by Gasteiger charge is -2.32. The summed E-state index contributed by atoms with van der Waals surface area (Å²) >= 11 is 0. The van der Waals surface area contributed by atoms with Crippen molar-refractivity contribution in [2.45, 2.75) is 37.0 Å². The van der Waals surface area contributed by atoms with E-state index in [1.807, 2.05) is 31.5 Å². The van der Waals surface area contributed by atoms with Crippen molar-refractivity contribution in [3.05, 3.63) is 47.8 Å². The third-order valence-electron chi connectivity index (χ3n) is 4.73. The van der Waals surface area contributed by atoms with Gasteiger partial charge in [0.05, 0.1) is 16.8 Å². The van der Waals surface area contributed by atoms with E-state index in [2.05, 4.69) is 15.1 Å². The summed E-state index contributed by atoms with van der Waals surface area (Å²) in [5, 5.41) is 6.91. The van der Waals surface area contributed by atoms with E-state index in [4.69, 9.17) is 0 Å². The van der Waals surface area contributed by atoms with Crippen LogP contribution in [0.4, 0.5) is 0 Å². The van der Waals surface area contributed by atoms with Crippen LogP contribution in [-0.2, 0) is 9.84 Å². The molecule has 0 saturated carbocycles. The smallest absolute Gasteiger partial charge is 0.178 e. The van der Waals surface area contributed by atoms with E-state index >= 15 is 0 Å². The molecule has 1 N–H and O–H groups in total. The number of H-pyrrole nitrogens is 1. The fraction of sp³-hybridized carbons (Fsp3) is 0.500. The number of hydrogen-bond acceptors (Lipinski definition) is 4. The highest BCUT2D eigenvalue weighted by atomic mass is 32.2. The maximum atomic E-state index is 12.4. The van der Waals surface area contributed by atoms with E-state index in [9.17, 15) is 8.42 Å². The number of piperidine rings is 1. The number of sulfone groups is 1. The Morgan fingerprint density at radius 3 is 3.00 bits per heavy atom. The average molecular weight is 347 g/mol. The number of nitrogens with one attached hydrogen (secondary N) is 1. The summed E-state index contributed by atoms with van der Waals surface area (Å²) in [6.07, 6.45) is 6.87. The molecule has 0 amide bonds. The first-order valence-electron chi connectivity index (χ1n) is 8.55. The summed E-state index contributed by atoms with van der Waals surface area (Å²) in [4.78, 5) is 2.82. The highest BCUT2D eigenvalue weighted by Crippen LogP contribution is 2.26. The lowest BCUT2D eigenvalue weighted by molar-refractivity contribution is 0.208. The van der Waals surface area contributed by atoms with E-state index in [1.165, 1.54) is 12.0 Å². The Hall–Kier alpha value is -1.66. The van der Waals surface area contributed by atoms with E-state index < -0.39 is 9.84 Å². The van der Waals surface area contributed by atoms with Gasteiger partial charge in [0, 0.05) is 12.7 Å². The molecule has 2 aromatic rings. The summed E-state index contributed by atoms with van der Waals surface area (Å²) in [5.41, 5.74) is 2.24. The van der Waals surface area contributed by atoms with Crippen LogP contribution in [0, 0.1) is 6.92 Å². The van der Waals surface area contributed by atoms with E-state index in [-0.39, 0.29) is 5.75 Å². The first-order valence-corrected chi connectivity index (χ1v) is 10.2. The van der Waals surface area contributed by atoms with E-state index in [1.54, 1.807) is 12.1 Å². The molecule has 1 atom stereocenters. The molecule has 0 aliphatic carbocycles. The molecule has 24 heavy (non-hydrogen) atoms. The number of aromatic amines is 1. The largest absolute Gasteiger partial charge is 0.303 e. The van der Waals surface area contributed by atoms with Crippen LogP contribution in [-0.4, -0.2) is 48.9 Å². The average Bonchev–Trinajstić information content (AvgIpc) is 3.09. The molecule has 1 saturated heterocycles. The Morgan fingerprint density at radius 2 is 2.25 bits per heavy atom. The Bertz CT molecular complexity index is 756. The molecule has 0 spiro atoms. The van der Waals surface area contributed by atoms with E-state index in [0.717, 1.165) is 31.6 Å². The summed E-state index contributed by atoms with van der Waals surface area (Å²) in [7, 11) is -3.18. The first-order chi connectivity index (χ1) is 11.5. The Morgan fingerprint density at radius 1 is 1.38 bits per heavy atom. The van der Waals surface area contributed by atoms with Gasteiger partial charge in [0.2, 0.25) is 0 Å². The van der Waals surface area contributed by atoms with Gasteiger partial charge in [-0.3, -0.25) is 5.10 Å². The normalized spacial score (nSPS) is 19.5. The molecule has 3 rings (SSSR count). The van der Waals surface area contributed by atoms with Crippen molar-refractivity contribution in [3.63, 3.8) is 0 Å². The van der Waals surface area contributed by atoms with Gasteiger partial charge in [-0.1, -0.05) is 12.1 Å². The van der Waals surface area contributed by atoms with E-state index in [0.29, 0.717) is 17.2 Å². The number of rotatable bonds is 6. The van der Waals surface area contributed by atoms with Crippen LogP contribution < -0.4 is 0 Å². The van der Waals surface area contributed by atoms with Crippen molar-refractivity contribution in [1.29, 1.82) is 0 Å². The summed E-state index contributed by atoms with van der Waals surface area (Å²) in [6, 6.07) is 7.18. The molecular formula is C18H25N3O2S. The topological polar surface area (TPSA) is 66.1 Å². The quantitative estimate of drug-likeness (QED) is 0.872. The third kappa shape index (κ3) is 4.24. The maximum Gasteiger partial charge on any atom is 0.178 e. The van der Waals surface area contributed by atoms with Crippen LogP contribution in [0.25, 0.3) is 0 Å². The van der Waals surface area contributed by atoms with Gasteiger partial charge in [0.15, 0.2) is 9.84 Å². The van der Waals surface area contributed by atoms with Crippen molar-refractivity contribution >= 4 is 9.84 Å². The van der Waals surface area contributed by atoms with Crippen molar-refractivity contribution in [3.8, 4) is 0 Å². The molecule has 2 heterocycles. The summed E-state index contributed by atoms with van der Waals surface area (Å²) in [6.45, 7) is 4.80. The number of nitrogens with zero attached hydrogens (tertiary/aromatic N) is 2. The molecule has 0 radical (unpaired) electrons. The SMILES string of the molecule is Cc1cccc(S(=O)(=O)CCCN2CCCC(c3cn[nH]c3)C2)c1. The zero-order chi connectivity index (χ0) is 17.0. The monoisotopic (exact) mass is 347 g/mol. The van der Waals surface area contributed by atoms with Gasteiger partial charge < -0.3 is 4.90 Å². The molecular weight excluding hydrogens is 322 g/mol. The Balaban J connectivity index is 1.52. The molecule has 1 aromatic heterocycles. The molecule has 1 fully saturated rings. The molecule has 6 heteroatoms. The van der Waals surface area contributed by atoms with Gasteiger partial charge in [0.1, 0.15) is 0 Å². The summed E-state index contributed by atoms with van der Waals surface area (Å²) in [5.74, 6) is 0.717. The number of aryl methyl sites for hydroxylation is 1. The minimum Gasteiger partial charge on any atom is -0.303 e. The van der Waals surface area contributed by atoms with Crippen molar-refractivity contribution in [1.82, 2.24) is 15.1 Å². The van der Waals surface area contributed by atoms with Crippen LogP contribution in [0.15, 0.2) is 41.6 Å². The fourth-order valence-corrected chi connectivity index (χ4v) is 4.82. The second kappa shape index (κ2) is 7.49. The van der Waals surface area contributed by atoms with Gasteiger partial charge >= 0.3 is 0 Å². The van der Waals surface area contributed by atoms with Gasteiger partial charge in [0.25, 0.3) is 0 Å². The minimum absolute atomic E-state index is 0.212. The zero-order valence-electron chi connectivity index (χ0n) is 14.1. The van der Waals surface area contributed by atoms with Gasteiger partial charge in [-0.05, 0) is 68.5 Å². The van der Waals surface area contributed by atoms with Crippen LogP contribution in [0.5, 0.6) is 0 Å². The van der Waals surface area contributed by atoms with Gasteiger partial charge in [-0.2, -0.15) is 5.10 Å². The van der Waals surface area contributed by atoms with Crippen LogP contribution in [0.3, 0.4) is 0 Å². The molecule has 130 valence electrons. The Labute approximate surface area is 144 Å². The van der Waals surface area contributed by atoms with Crippen LogP contribution in [0.2, 0.25) is 0 Å². The molecule has 5 nitrogen and oxygen atoms in total.